The number of para-hydroxylation sites is 1. The lowest BCUT2D eigenvalue weighted by Crippen LogP contribution is -2.08. The number of phenolic OH excluding ortho intramolecular Hbond substituents is 1. The monoisotopic (exact) mass is 470 g/mol. The van der Waals surface area contributed by atoms with Gasteiger partial charge in [-0.3, -0.25) is 4.99 Å². The molecule has 0 heterocycles. The summed E-state index contributed by atoms with van der Waals surface area (Å²) in [7, 11) is 0. The molecule has 0 saturated heterocycles. The van der Waals surface area contributed by atoms with E-state index in [1.807, 2.05) is 0 Å². The lowest BCUT2D eigenvalue weighted by atomic mass is 10.1. The number of esters is 1. The van der Waals surface area contributed by atoms with Crippen LogP contribution in [0.5, 0.6) is 17.2 Å². The van der Waals surface area contributed by atoms with Crippen LogP contribution in [-0.2, 0) is 0 Å². The Morgan fingerprint density at radius 3 is 2.43 bits per heavy atom. The Balaban J connectivity index is 1.52. The van der Waals surface area contributed by atoms with Crippen LogP contribution in [0.1, 0.15) is 66.9 Å². The van der Waals surface area contributed by atoms with Gasteiger partial charge in [0.2, 0.25) is 0 Å². The average molecular weight is 471 g/mol. The normalized spacial score (nSPS) is 10.7. The summed E-state index contributed by atoms with van der Waals surface area (Å²) < 4.78 is 11.1. The van der Waals surface area contributed by atoms with Crippen LogP contribution in [0.3, 0.4) is 0 Å². The van der Waals surface area contributed by atoms with Crippen LogP contribution in [-0.4, -0.2) is 23.9 Å². The number of aromatic hydroxyl groups is 1. The Bertz CT molecular complexity index is 1180. The number of hydrogen-bond acceptors (Lipinski definition) is 6. The number of unbranched alkanes of at least 4 members (excludes halogenated alkanes) is 5. The molecule has 0 aliphatic carbocycles. The molecule has 0 aliphatic rings. The van der Waals surface area contributed by atoms with E-state index >= 15 is 0 Å². The van der Waals surface area contributed by atoms with Crippen molar-refractivity contribution in [2.24, 2.45) is 4.99 Å². The maximum atomic E-state index is 12.5. The summed E-state index contributed by atoms with van der Waals surface area (Å²) in [5.41, 5.74) is 1.76. The summed E-state index contributed by atoms with van der Waals surface area (Å²) in [4.78, 5) is 16.8. The predicted molar refractivity (Wildman–Crippen MR) is 137 cm³/mol. The van der Waals surface area contributed by atoms with E-state index in [1.165, 1.54) is 38.0 Å². The quantitative estimate of drug-likeness (QED) is 0.133. The minimum atomic E-state index is -0.531. The van der Waals surface area contributed by atoms with Gasteiger partial charge in [-0.25, -0.2) is 4.79 Å². The van der Waals surface area contributed by atoms with Gasteiger partial charge in [-0.15, -0.1) is 0 Å². The second-order valence-corrected chi connectivity index (χ2v) is 8.14. The van der Waals surface area contributed by atoms with Crippen LogP contribution in [0.15, 0.2) is 71.7 Å². The van der Waals surface area contributed by atoms with Crippen molar-refractivity contribution in [1.82, 2.24) is 0 Å². The van der Waals surface area contributed by atoms with Crippen LogP contribution in [0.25, 0.3) is 0 Å². The lowest BCUT2D eigenvalue weighted by Gasteiger charge is -2.08. The van der Waals surface area contributed by atoms with E-state index in [2.05, 4.69) is 18.0 Å². The van der Waals surface area contributed by atoms with Crippen LogP contribution in [0, 0.1) is 11.3 Å². The zero-order valence-electron chi connectivity index (χ0n) is 19.9. The summed E-state index contributed by atoms with van der Waals surface area (Å²) in [6.07, 6.45) is 8.68. The standard InChI is InChI=1S/C29H30N2O4/c1-2-3-4-5-6-9-18-34-25-15-12-22(13-16-25)29(33)35-26-17-14-24(28(32)19-26)21-31-27-11-8-7-10-23(27)20-30/h7-8,10-17,19,21,32H,2-6,9,18H2,1H3. The number of nitrogens with zero attached hydrogens (tertiary/aromatic N) is 2. The third-order valence-electron chi connectivity index (χ3n) is 5.44. The molecule has 3 rings (SSSR count). The summed E-state index contributed by atoms with van der Waals surface area (Å²) >= 11 is 0. The largest absolute Gasteiger partial charge is 0.507 e. The maximum absolute atomic E-state index is 12.5. The summed E-state index contributed by atoms with van der Waals surface area (Å²) in [5, 5.41) is 19.5. The van der Waals surface area contributed by atoms with E-state index in [4.69, 9.17) is 14.7 Å². The first kappa shape index (κ1) is 25.5. The highest BCUT2D eigenvalue weighted by Crippen LogP contribution is 2.25. The topological polar surface area (TPSA) is 91.9 Å². The Kier molecular flexibility index (Phi) is 9.89. The van der Waals surface area contributed by atoms with Crippen molar-refractivity contribution in [3.8, 4) is 23.3 Å². The molecule has 0 aliphatic heterocycles. The Hall–Kier alpha value is -4.11. The molecule has 0 saturated carbocycles. The second kappa shape index (κ2) is 13.6. The first-order chi connectivity index (χ1) is 17.1. The first-order valence-corrected chi connectivity index (χ1v) is 11.9. The molecular formula is C29H30N2O4. The third kappa shape index (κ3) is 8.01. The number of carbonyl (C=O) groups excluding carboxylic acids is 1. The van der Waals surface area contributed by atoms with Gasteiger partial charge >= 0.3 is 5.97 Å². The Morgan fingerprint density at radius 2 is 1.69 bits per heavy atom. The predicted octanol–water partition coefficient (Wildman–Crippen LogP) is 6.97. The highest BCUT2D eigenvalue weighted by Gasteiger charge is 2.11. The van der Waals surface area contributed by atoms with Crippen LogP contribution >= 0.6 is 0 Å². The average Bonchev–Trinajstić information content (AvgIpc) is 2.88. The summed E-state index contributed by atoms with van der Waals surface area (Å²) in [6.45, 7) is 2.87. The number of hydrogen-bond donors (Lipinski definition) is 1. The summed E-state index contributed by atoms with van der Waals surface area (Å²) in [5.74, 6) is 0.308. The Morgan fingerprint density at radius 1 is 0.971 bits per heavy atom. The fraction of sp³-hybridized carbons (Fsp3) is 0.276. The van der Waals surface area contributed by atoms with Crippen molar-refractivity contribution in [2.75, 3.05) is 6.61 Å². The van der Waals surface area contributed by atoms with Gasteiger partial charge in [-0.2, -0.15) is 5.26 Å². The number of carbonyl (C=O) groups is 1. The lowest BCUT2D eigenvalue weighted by molar-refractivity contribution is 0.0734. The van der Waals surface area contributed by atoms with Gasteiger partial charge in [0, 0.05) is 17.8 Å². The van der Waals surface area contributed by atoms with Crippen molar-refractivity contribution >= 4 is 17.9 Å². The van der Waals surface area contributed by atoms with Crippen LogP contribution in [0.4, 0.5) is 5.69 Å². The molecule has 6 nitrogen and oxygen atoms in total. The molecule has 3 aromatic carbocycles. The SMILES string of the molecule is CCCCCCCCOc1ccc(C(=O)Oc2ccc(C=Nc3ccccc3C#N)c(O)c2)cc1. The van der Waals surface area contributed by atoms with Gasteiger partial charge < -0.3 is 14.6 Å². The van der Waals surface area contributed by atoms with E-state index < -0.39 is 5.97 Å². The van der Waals surface area contributed by atoms with Gasteiger partial charge in [0.1, 0.15) is 23.3 Å². The van der Waals surface area contributed by atoms with Gasteiger partial charge in [0.15, 0.2) is 0 Å². The molecule has 0 atom stereocenters. The molecule has 180 valence electrons. The molecule has 0 bridgehead atoms. The fourth-order valence-electron chi connectivity index (χ4n) is 3.44. The number of nitriles is 1. The van der Waals surface area contributed by atoms with Crippen molar-refractivity contribution in [3.05, 3.63) is 83.4 Å². The Labute approximate surface area is 206 Å². The molecule has 6 heteroatoms. The van der Waals surface area contributed by atoms with Gasteiger partial charge in [-0.05, 0) is 55.0 Å². The van der Waals surface area contributed by atoms with E-state index in [-0.39, 0.29) is 11.5 Å². The molecular weight excluding hydrogens is 440 g/mol. The second-order valence-electron chi connectivity index (χ2n) is 8.14. The maximum Gasteiger partial charge on any atom is 0.343 e. The molecule has 0 unspecified atom stereocenters. The van der Waals surface area contributed by atoms with Gasteiger partial charge in [0.25, 0.3) is 0 Å². The highest BCUT2D eigenvalue weighted by atomic mass is 16.5. The minimum absolute atomic E-state index is 0.0908. The molecule has 0 spiro atoms. The third-order valence-corrected chi connectivity index (χ3v) is 5.44. The number of aliphatic imine (C=N–C) groups is 1. The minimum Gasteiger partial charge on any atom is -0.507 e. The molecule has 0 fully saturated rings. The van der Waals surface area contributed by atoms with E-state index in [1.54, 1.807) is 60.7 Å². The highest BCUT2D eigenvalue weighted by molar-refractivity contribution is 5.91. The van der Waals surface area contributed by atoms with Gasteiger partial charge in [-0.1, -0.05) is 51.2 Å². The smallest absolute Gasteiger partial charge is 0.343 e. The zero-order chi connectivity index (χ0) is 24.9. The molecule has 0 aromatic heterocycles. The van der Waals surface area contributed by atoms with E-state index in [0.29, 0.717) is 29.0 Å². The molecule has 1 N–H and O–H groups in total. The molecule has 0 radical (unpaired) electrons. The van der Waals surface area contributed by atoms with Crippen molar-refractivity contribution < 1.29 is 19.4 Å². The van der Waals surface area contributed by atoms with Gasteiger partial charge in [0.05, 0.1) is 23.4 Å². The van der Waals surface area contributed by atoms with Crippen LogP contribution in [0.2, 0.25) is 0 Å². The van der Waals surface area contributed by atoms with E-state index in [0.717, 1.165) is 18.6 Å². The van der Waals surface area contributed by atoms with Crippen molar-refractivity contribution in [1.29, 1.82) is 5.26 Å². The molecule has 0 amide bonds. The van der Waals surface area contributed by atoms with Crippen molar-refractivity contribution in [3.63, 3.8) is 0 Å². The number of benzene rings is 3. The fourth-order valence-corrected chi connectivity index (χ4v) is 3.44. The molecule has 35 heavy (non-hydrogen) atoms. The number of ether oxygens (including phenoxy) is 2. The van der Waals surface area contributed by atoms with Crippen LogP contribution < -0.4 is 9.47 Å². The number of phenols is 1. The molecule has 3 aromatic rings. The van der Waals surface area contributed by atoms with E-state index in [9.17, 15) is 9.90 Å². The number of rotatable bonds is 12. The summed E-state index contributed by atoms with van der Waals surface area (Å²) in [6, 6.07) is 20.4. The van der Waals surface area contributed by atoms with Crippen molar-refractivity contribution in [2.45, 2.75) is 45.4 Å². The first-order valence-electron chi connectivity index (χ1n) is 11.9. The zero-order valence-corrected chi connectivity index (χ0v) is 19.9.